The number of hydrogen-bond acceptors (Lipinski definition) is 0. The van der Waals surface area contributed by atoms with Crippen molar-refractivity contribution in [3.8, 4) is 0 Å². The molecule has 0 fully saturated rings. The highest BCUT2D eigenvalue weighted by atomic mass is 14.3. The predicted molar refractivity (Wildman–Crippen MR) is 98.8 cm³/mol. The number of rotatable bonds is 1. The van der Waals surface area contributed by atoms with Gasteiger partial charge in [0.2, 0.25) is 0 Å². The van der Waals surface area contributed by atoms with Crippen LogP contribution in [0.3, 0.4) is 0 Å². The second-order valence-corrected chi connectivity index (χ2v) is 7.07. The van der Waals surface area contributed by atoms with Gasteiger partial charge in [0.1, 0.15) is 0 Å². The summed E-state index contributed by atoms with van der Waals surface area (Å²) in [6.45, 7) is 13.1. The van der Waals surface area contributed by atoms with Crippen molar-refractivity contribution in [2.45, 2.75) is 54.4 Å². The summed E-state index contributed by atoms with van der Waals surface area (Å²) in [7, 11) is 0. The first-order valence-corrected chi connectivity index (χ1v) is 8.66. The van der Waals surface area contributed by atoms with Gasteiger partial charge in [0, 0.05) is 10.8 Å². The first-order chi connectivity index (χ1) is 10.4. The molecule has 1 unspecified atom stereocenters. The second-order valence-electron chi connectivity index (χ2n) is 7.07. The summed E-state index contributed by atoms with van der Waals surface area (Å²) in [6, 6.07) is 0. The highest BCUT2D eigenvalue weighted by molar-refractivity contribution is 5.64. The molecule has 3 aliphatic carbocycles. The molecule has 3 rings (SSSR count). The fourth-order valence-corrected chi connectivity index (χ4v) is 2.96. The monoisotopic (exact) mass is 294 g/mol. The lowest BCUT2D eigenvalue weighted by Crippen LogP contribution is -2.06. The number of hydrogen-bond donors (Lipinski definition) is 0. The van der Waals surface area contributed by atoms with Crippen LogP contribution >= 0.6 is 0 Å². The summed E-state index contributed by atoms with van der Waals surface area (Å²) in [6.07, 6.45) is 20.9. The van der Waals surface area contributed by atoms with Crippen LogP contribution in [0.2, 0.25) is 0 Å². The topological polar surface area (TPSA) is 0 Å². The molecule has 0 saturated carbocycles. The van der Waals surface area contributed by atoms with E-state index in [2.05, 4.69) is 76.3 Å². The van der Waals surface area contributed by atoms with E-state index in [-0.39, 0.29) is 10.8 Å². The van der Waals surface area contributed by atoms with E-state index in [1.165, 1.54) is 22.3 Å². The van der Waals surface area contributed by atoms with Gasteiger partial charge in [-0.1, -0.05) is 90.2 Å². The molecule has 22 heavy (non-hydrogen) atoms. The summed E-state index contributed by atoms with van der Waals surface area (Å²) in [5, 5.41) is 0. The van der Waals surface area contributed by atoms with Crippen LogP contribution in [0, 0.1) is 10.8 Å². The molecule has 0 saturated heterocycles. The lowest BCUT2D eigenvalue weighted by molar-refractivity contribution is 0.530. The Hall–Kier alpha value is -1.56. The predicted octanol–water partition coefficient (Wildman–Crippen LogP) is 6.70. The van der Waals surface area contributed by atoms with Gasteiger partial charge in [-0.25, -0.2) is 0 Å². The summed E-state index contributed by atoms with van der Waals surface area (Å²) in [5.41, 5.74) is 6.14. The zero-order valence-corrected chi connectivity index (χ0v) is 15.0. The van der Waals surface area contributed by atoms with Crippen LogP contribution in [0.5, 0.6) is 0 Å². The molecule has 118 valence electrons. The second kappa shape index (κ2) is 6.28. The van der Waals surface area contributed by atoms with Crippen molar-refractivity contribution >= 4 is 0 Å². The molecular formula is C22H30. The number of allylic oxidation sites excluding steroid dienone is 12. The van der Waals surface area contributed by atoms with Gasteiger partial charge in [-0.2, -0.15) is 0 Å². The zero-order chi connectivity index (χ0) is 16.4. The van der Waals surface area contributed by atoms with Crippen LogP contribution in [0.4, 0.5) is 0 Å². The Bertz CT molecular complexity index is 614. The molecule has 0 aromatic rings. The Morgan fingerprint density at radius 2 is 1.23 bits per heavy atom. The molecule has 0 aliphatic heterocycles. The van der Waals surface area contributed by atoms with Crippen LogP contribution in [-0.2, 0) is 0 Å². The minimum absolute atomic E-state index is 0.160. The van der Waals surface area contributed by atoms with E-state index in [0.29, 0.717) is 0 Å². The Labute approximate surface area is 136 Å². The SMILES string of the molecule is CC.CCC1(C)C=CC2=C(C=C1)C1=C(C=CC(C)(C)C=C1)C2. The van der Waals surface area contributed by atoms with Gasteiger partial charge in [-0.15, -0.1) is 0 Å². The maximum atomic E-state index is 2.37. The van der Waals surface area contributed by atoms with E-state index in [0.717, 1.165) is 12.8 Å². The van der Waals surface area contributed by atoms with Crippen LogP contribution in [0.1, 0.15) is 54.4 Å². The van der Waals surface area contributed by atoms with Crippen LogP contribution in [0.25, 0.3) is 0 Å². The largest absolute Gasteiger partial charge is 0.0748 e. The molecule has 0 aromatic heterocycles. The van der Waals surface area contributed by atoms with E-state index >= 15 is 0 Å². The molecule has 0 N–H and O–H groups in total. The first-order valence-electron chi connectivity index (χ1n) is 8.66. The third-order valence-corrected chi connectivity index (χ3v) is 4.81. The molecule has 0 nitrogen and oxygen atoms in total. The van der Waals surface area contributed by atoms with Gasteiger partial charge in [0.05, 0.1) is 0 Å². The first kappa shape index (κ1) is 16.8. The van der Waals surface area contributed by atoms with Crippen LogP contribution in [-0.4, -0.2) is 0 Å². The third-order valence-electron chi connectivity index (χ3n) is 4.81. The van der Waals surface area contributed by atoms with Crippen molar-refractivity contribution in [1.29, 1.82) is 0 Å². The summed E-state index contributed by atoms with van der Waals surface area (Å²) < 4.78 is 0. The summed E-state index contributed by atoms with van der Waals surface area (Å²) in [5.74, 6) is 0. The van der Waals surface area contributed by atoms with E-state index in [1.54, 1.807) is 0 Å². The van der Waals surface area contributed by atoms with Crippen molar-refractivity contribution in [3.63, 3.8) is 0 Å². The Morgan fingerprint density at radius 1 is 0.773 bits per heavy atom. The maximum Gasteiger partial charge on any atom is 0.00366 e. The average molecular weight is 294 g/mol. The van der Waals surface area contributed by atoms with Crippen molar-refractivity contribution in [2.75, 3.05) is 0 Å². The van der Waals surface area contributed by atoms with Gasteiger partial charge in [-0.05, 0) is 35.1 Å². The van der Waals surface area contributed by atoms with Gasteiger partial charge in [0.25, 0.3) is 0 Å². The molecule has 0 bridgehead atoms. The molecule has 0 spiro atoms. The third kappa shape index (κ3) is 3.27. The molecule has 0 heteroatoms. The van der Waals surface area contributed by atoms with Crippen molar-refractivity contribution < 1.29 is 0 Å². The van der Waals surface area contributed by atoms with Gasteiger partial charge < -0.3 is 0 Å². The lowest BCUT2D eigenvalue weighted by atomic mass is 9.86. The molecule has 0 aromatic carbocycles. The standard InChI is InChI=1S/C20H24.C2H6/c1-5-20(4)12-7-16-14-15-6-10-19(2,3)11-8-17(15)18(16)9-13-20;1-2/h6-13H,5,14H2,1-4H3;1-2H3. The van der Waals surface area contributed by atoms with Gasteiger partial charge in [-0.3, -0.25) is 0 Å². The Morgan fingerprint density at radius 3 is 1.82 bits per heavy atom. The molecule has 1 atom stereocenters. The fraction of sp³-hybridized carbons (Fsp3) is 0.455. The minimum atomic E-state index is 0.160. The van der Waals surface area contributed by atoms with E-state index in [9.17, 15) is 0 Å². The molecular weight excluding hydrogens is 264 g/mol. The maximum absolute atomic E-state index is 2.37. The van der Waals surface area contributed by atoms with Crippen molar-refractivity contribution in [2.24, 2.45) is 10.8 Å². The van der Waals surface area contributed by atoms with E-state index in [4.69, 9.17) is 0 Å². The minimum Gasteiger partial charge on any atom is -0.0748 e. The lowest BCUT2D eigenvalue weighted by Gasteiger charge is -2.18. The fourth-order valence-electron chi connectivity index (χ4n) is 2.96. The summed E-state index contributed by atoms with van der Waals surface area (Å²) in [4.78, 5) is 0. The van der Waals surface area contributed by atoms with E-state index in [1.807, 2.05) is 13.8 Å². The quantitative estimate of drug-likeness (QED) is 0.504. The normalized spacial score (nSPS) is 27.9. The van der Waals surface area contributed by atoms with Crippen LogP contribution < -0.4 is 0 Å². The van der Waals surface area contributed by atoms with Crippen molar-refractivity contribution in [1.82, 2.24) is 0 Å². The Balaban J connectivity index is 0.000000847. The van der Waals surface area contributed by atoms with Gasteiger partial charge in [0.15, 0.2) is 0 Å². The molecule has 0 radical (unpaired) electrons. The smallest absolute Gasteiger partial charge is 0.00366 e. The van der Waals surface area contributed by atoms with Crippen LogP contribution in [0.15, 0.2) is 70.9 Å². The molecule has 0 heterocycles. The highest BCUT2D eigenvalue weighted by Gasteiger charge is 2.25. The summed E-state index contributed by atoms with van der Waals surface area (Å²) >= 11 is 0. The van der Waals surface area contributed by atoms with E-state index < -0.39 is 0 Å². The number of fused-ring (bicyclic) bond motifs is 1. The van der Waals surface area contributed by atoms with Crippen molar-refractivity contribution in [3.05, 3.63) is 70.9 Å². The highest BCUT2D eigenvalue weighted by Crippen LogP contribution is 2.42. The molecule has 0 amide bonds. The average Bonchev–Trinajstić information content (AvgIpc) is 2.67. The zero-order valence-electron chi connectivity index (χ0n) is 15.0. The van der Waals surface area contributed by atoms with Gasteiger partial charge >= 0.3 is 0 Å². The molecule has 3 aliphatic rings. The Kier molecular flexibility index (Phi) is 4.80.